The lowest BCUT2D eigenvalue weighted by atomic mass is 9.90. The minimum absolute atomic E-state index is 1.14. The van der Waals surface area contributed by atoms with Gasteiger partial charge in [0.25, 0.3) is 0 Å². The lowest BCUT2D eigenvalue weighted by Crippen LogP contribution is -1.93. The quantitative estimate of drug-likeness (QED) is 0.643. The summed E-state index contributed by atoms with van der Waals surface area (Å²) >= 11 is 0. The molecule has 2 aromatic carbocycles. The van der Waals surface area contributed by atoms with Gasteiger partial charge in [0.2, 0.25) is 0 Å². The fourth-order valence-corrected chi connectivity index (χ4v) is 3.40. The molecule has 0 nitrogen and oxygen atoms in total. The van der Waals surface area contributed by atoms with Crippen LogP contribution in [-0.2, 0) is 6.42 Å². The van der Waals surface area contributed by atoms with Crippen LogP contribution in [0.15, 0.2) is 35.9 Å². The molecule has 0 bridgehead atoms. The summed E-state index contributed by atoms with van der Waals surface area (Å²) in [6, 6.07) is 11.3. The van der Waals surface area contributed by atoms with Crippen molar-refractivity contribution in [1.29, 1.82) is 0 Å². The summed E-state index contributed by atoms with van der Waals surface area (Å²) in [6.07, 6.45) is 6.03. The van der Waals surface area contributed by atoms with E-state index in [-0.39, 0.29) is 0 Å². The second-order valence-corrected chi connectivity index (χ2v) is 6.29. The van der Waals surface area contributed by atoms with Gasteiger partial charge in [0.15, 0.2) is 0 Å². The van der Waals surface area contributed by atoms with Crippen molar-refractivity contribution in [2.75, 3.05) is 0 Å². The molecule has 0 radical (unpaired) electrons. The first-order valence-corrected chi connectivity index (χ1v) is 8.00. The Morgan fingerprint density at radius 1 is 0.905 bits per heavy atom. The summed E-state index contributed by atoms with van der Waals surface area (Å²) in [6.45, 7) is 8.94. The first-order valence-electron chi connectivity index (χ1n) is 8.00. The van der Waals surface area contributed by atoms with Gasteiger partial charge in [-0.3, -0.25) is 0 Å². The predicted octanol–water partition coefficient (Wildman–Crippen LogP) is 6.02. The molecule has 1 aliphatic carbocycles. The highest BCUT2D eigenvalue weighted by Crippen LogP contribution is 2.37. The smallest absolute Gasteiger partial charge is 0.00576 e. The summed E-state index contributed by atoms with van der Waals surface area (Å²) in [5.41, 5.74) is 11.5. The minimum atomic E-state index is 1.14. The van der Waals surface area contributed by atoms with Crippen LogP contribution >= 0.6 is 0 Å². The number of rotatable bonds is 3. The maximum atomic E-state index is 2.43. The maximum Gasteiger partial charge on any atom is -0.00576 e. The largest absolute Gasteiger partial charge is 0.0652 e. The molecule has 21 heavy (non-hydrogen) atoms. The molecule has 2 aromatic rings. The van der Waals surface area contributed by atoms with Gasteiger partial charge in [-0.15, -0.1) is 0 Å². The van der Waals surface area contributed by atoms with E-state index in [9.17, 15) is 0 Å². The summed E-state index contributed by atoms with van der Waals surface area (Å²) in [7, 11) is 0. The monoisotopic (exact) mass is 276 g/mol. The molecule has 0 heterocycles. The standard InChI is InChI=1S/C21H24/c1-5-7-17-12-18-8-6-9-20(21(18)13-17)19-11-10-14(2)15(3)16(19)4/h6,8-11,13H,5,7,12H2,1-4H3. The number of allylic oxidation sites excluding steroid dienone is 1. The summed E-state index contributed by atoms with van der Waals surface area (Å²) in [4.78, 5) is 0. The molecule has 0 spiro atoms. The van der Waals surface area contributed by atoms with E-state index < -0.39 is 0 Å². The fraction of sp³-hybridized carbons (Fsp3) is 0.333. The SMILES string of the molecule is CCCC1=Cc2c(cccc2-c2ccc(C)c(C)c2C)C1. The zero-order valence-corrected chi connectivity index (χ0v) is 13.6. The van der Waals surface area contributed by atoms with Gasteiger partial charge in [-0.2, -0.15) is 0 Å². The van der Waals surface area contributed by atoms with Crippen molar-refractivity contribution >= 4 is 6.08 Å². The van der Waals surface area contributed by atoms with Crippen molar-refractivity contribution in [3.63, 3.8) is 0 Å². The highest BCUT2D eigenvalue weighted by Gasteiger charge is 2.17. The fourth-order valence-electron chi connectivity index (χ4n) is 3.40. The molecule has 3 rings (SSSR count). The highest BCUT2D eigenvalue weighted by atomic mass is 14.2. The van der Waals surface area contributed by atoms with Crippen LogP contribution in [0.5, 0.6) is 0 Å². The van der Waals surface area contributed by atoms with Gasteiger partial charge in [0, 0.05) is 0 Å². The van der Waals surface area contributed by atoms with Crippen LogP contribution in [-0.4, -0.2) is 0 Å². The molecule has 1 aliphatic rings. The Hall–Kier alpha value is -1.82. The van der Waals surface area contributed by atoms with Gasteiger partial charge >= 0.3 is 0 Å². The van der Waals surface area contributed by atoms with E-state index in [2.05, 4.69) is 64.1 Å². The highest BCUT2D eigenvalue weighted by molar-refractivity contribution is 5.82. The zero-order chi connectivity index (χ0) is 15.0. The van der Waals surface area contributed by atoms with Crippen molar-refractivity contribution < 1.29 is 0 Å². The van der Waals surface area contributed by atoms with Crippen LogP contribution < -0.4 is 0 Å². The van der Waals surface area contributed by atoms with E-state index in [1.54, 1.807) is 5.57 Å². The van der Waals surface area contributed by atoms with Crippen LogP contribution in [0.4, 0.5) is 0 Å². The van der Waals surface area contributed by atoms with Gasteiger partial charge in [0.05, 0.1) is 0 Å². The van der Waals surface area contributed by atoms with Crippen molar-refractivity contribution in [3.05, 3.63) is 63.7 Å². The van der Waals surface area contributed by atoms with Gasteiger partial charge in [-0.05, 0) is 72.6 Å². The van der Waals surface area contributed by atoms with E-state index >= 15 is 0 Å². The second-order valence-electron chi connectivity index (χ2n) is 6.29. The van der Waals surface area contributed by atoms with Crippen molar-refractivity contribution in [1.82, 2.24) is 0 Å². The third-order valence-electron chi connectivity index (χ3n) is 4.88. The predicted molar refractivity (Wildman–Crippen MR) is 92.7 cm³/mol. The Balaban J connectivity index is 2.14. The zero-order valence-electron chi connectivity index (χ0n) is 13.6. The van der Waals surface area contributed by atoms with E-state index in [0.717, 1.165) is 6.42 Å². The van der Waals surface area contributed by atoms with Crippen LogP contribution in [0.2, 0.25) is 0 Å². The first-order chi connectivity index (χ1) is 10.1. The lowest BCUT2D eigenvalue weighted by Gasteiger charge is -2.14. The lowest BCUT2D eigenvalue weighted by molar-refractivity contribution is 0.886. The average Bonchev–Trinajstić information content (AvgIpc) is 2.88. The summed E-state index contributed by atoms with van der Waals surface area (Å²) in [5.74, 6) is 0. The number of hydrogen-bond acceptors (Lipinski definition) is 0. The number of benzene rings is 2. The van der Waals surface area contributed by atoms with Crippen molar-refractivity contribution in [3.8, 4) is 11.1 Å². The van der Waals surface area contributed by atoms with Crippen LogP contribution in [0.1, 0.15) is 47.6 Å². The molecule has 0 N–H and O–H groups in total. The summed E-state index contributed by atoms with van der Waals surface area (Å²) in [5, 5.41) is 0. The average molecular weight is 276 g/mol. The number of hydrogen-bond donors (Lipinski definition) is 0. The normalized spacial score (nSPS) is 13.2. The van der Waals surface area contributed by atoms with Crippen LogP contribution in [0.25, 0.3) is 17.2 Å². The van der Waals surface area contributed by atoms with Crippen LogP contribution in [0, 0.1) is 20.8 Å². The molecule has 0 aromatic heterocycles. The molecule has 0 aliphatic heterocycles. The first kappa shape index (κ1) is 14.1. The number of aryl methyl sites for hydroxylation is 1. The van der Waals surface area contributed by atoms with Gasteiger partial charge in [-0.1, -0.05) is 55.3 Å². The molecule has 0 fully saturated rings. The molecule has 0 saturated heterocycles. The second kappa shape index (κ2) is 5.52. The Bertz CT molecular complexity index is 717. The topological polar surface area (TPSA) is 0 Å². The Morgan fingerprint density at radius 3 is 2.48 bits per heavy atom. The van der Waals surface area contributed by atoms with E-state index in [1.165, 1.54) is 51.8 Å². The van der Waals surface area contributed by atoms with Gasteiger partial charge < -0.3 is 0 Å². The van der Waals surface area contributed by atoms with Crippen molar-refractivity contribution in [2.45, 2.75) is 47.0 Å². The molecular formula is C21H24. The summed E-state index contributed by atoms with van der Waals surface area (Å²) < 4.78 is 0. The number of fused-ring (bicyclic) bond motifs is 1. The molecule has 0 atom stereocenters. The van der Waals surface area contributed by atoms with Gasteiger partial charge in [0.1, 0.15) is 0 Å². The minimum Gasteiger partial charge on any atom is -0.0652 e. The Labute approximate surface area is 128 Å². The van der Waals surface area contributed by atoms with E-state index in [1.807, 2.05) is 0 Å². The molecular weight excluding hydrogens is 252 g/mol. The molecule has 0 saturated carbocycles. The molecule has 0 heteroatoms. The van der Waals surface area contributed by atoms with Crippen LogP contribution in [0.3, 0.4) is 0 Å². The third-order valence-corrected chi connectivity index (χ3v) is 4.88. The Kier molecular flexibility index (Phi) is 3.71. The van der Waals surface area contributed by atoms with Gasteiger partial charge in [-0.25, -0.2) is 0 Å². The Morgan fingerprint density at radius 2 is 1.71 bits per heavy atom. The van der Waals surface area contributed by atoms with E-state index in [0.29, 0.717) is 0 Å². The third kappa shape index (κ3) is 2.44. The molecule has 0 unspecified atom stereocenters. The van der Waals surface area contributed by atoms with Crippen molar-refractivity contribution in [2.24, 2.45) is 0 Å². The molecule has 0 amide bonds. The molecule has 108 valence electrons. The van der Waals surface area contributed by atoms with E-state index in [4.69, 9.17) is 0 Å². The maximum absolute atomic E-state index is 2.43.